The van der Waals surface area contributed by atoms with Gasteiger partial charge in [-0.15, -0.1) is 0 Å². The minimum absolute atomic E-state index is 0.0641. The Kier molecular flexibility index (Phi) is 8.46. The number of rotatable bonds is 9. The molecule has 2 rings (SSSR count). The average molecular weight is 412 g/mol. The van der Waals surface area contributed by atoms with Crippen molar-refractivity contribution >= 4 is 17.6 Å². The van der Waals surface area contributed by atoms with Crippen LogP contribution in [0.2, 0.25) is 0 Å². The van der Waals surface area contributed by atoms with Gasteiger partial charge in [-0.3, -0.25) is 4.79 Å². The molecule has 0 bridgehead atoms. The first kappa shape index (κ1) is 23.5. The molecule has 2 aromatic rings. The van der Waals surface area contributed by atoms with Gasteiger partial charge in [-0.25, -0.2) is 4.79 Å². The molecule has 0 saturated heterocycles. The minimum Gasteiger partial charge on any atom is -0.481 e. The number of amides is 1. The summed E-state index contributed by atoms with van der Waals surface area (Å²) in [7, 11) is 0. The zero-order chi connectivity index (χ0) is 22.1. The molecule has 1 N–H and O–H groups in total. The Bertz CT molecular complexity index is 820. The van der Waals surface area contributed by atoms with Crippen molar-refractivity contribution in [2.24, 2.45) is 0 Å². The molecule has 30 heavy (non-hydrogen) atoms. The Morgan fingerprint density at radius 3 is 2.13 bits per heavy atom. The maximum absolute atomic E-state index is 12.6. The fourth-order valence-electron chi connectivity index (χ4n) is 2.82. The molecule has 1 atom stereocenters. The number of unbranched alkanes of at least 4 members (excludes halogenated alkanes) is 1. The summed E-state index contributed by atoms with van der Waals surface area (Å²) in [6.07, 6.45) is 1.75. The predicted molar refractivity (Wildman–Crippen MR) is 120 cm³/mol. The summed E-state index contributed by atoms with van der Waals surface area (Å²) >= 11 is 0. The number of esters is 1. The van der Waals surface area contributed by atoms with E-state index in [-0.39, 0.29) is 17.3 Å². The van der Waals surface area contributed by atoms with Gasteiger partial charge in [0.25, 0.3) is 5.91 Å². The van der Waals surface area contributed by atoms with E-state index in [1.54, 1.807) is 24.3 Å². The summed E-state index contributed by atoms with van der Waals surface area (Å²) in [5, 5.41) is 2.85. The molecule has 0 heterocycles. The number of benzene rings is 2. The Hall–Kier alpha value is -2.82. The van der Waals surface area contributed by atoms with Crippen molar-refractivity contribution < 1.29 is 19.1 Å². The van der Waals surface area contributed by atoms with Crippen molar-refractivity contribution in [2.45, 2.75) is 65.4 Å². The molecule has 0 saturated carbocycles. The summed E-state index contributed by atoms with van der Waals surface area (Å²) < 4.78 is 11.1. The van der Waals surface area contributed by atoms with Gasteiger partial charge in [-0.2, -0.15) is 0 Å². The summed E-state index contributed by atoms with van der Waals surface area (Å²) in [6.45, 7) is 10.8. The molecule has 0 aliphatic carbocycles. The summed E-state index contributed by atoms with van der Waals surface area (Å²) in [6, 6.07) is 14.5. The van der Waals surface area contributed by atoms with Gasteiger partial charge in [-0.1, -0.05) is 53.2 Å². The molecule has 0 radical (unpaired) electrons. The highest BCUT2D eigenvalue weighted by Crippen LogP contribution is 2.25. The van der Waals surface area contributed by atoms with Crippen LogP contribution in [0.3, 0.4) is 0 Å². The lowest BCUT2D eigenvalue weighted by Gasteiger charge is -2.21. The van der Waals surface area contributed by atoms with Crippen LogP contribution in [0, 0.1) is 0 Å². The van der Waals surface area contributed by atoms with Gasteiger partial charge in [-0.05, 0) is 60.2 Å². The Balaban J connectivity index is 1.95. The van der Waals surface area contributed by atoms with Crippen molar-refractivity contribution in [3.05, 3.63) is 59.7 Å². The van der Waals surface area contributed by atoms with Crippen LogP contribution >= 0.6 is 0 Å². The van der Waals surface area contributed by atoms with Gasteiger partial charge in [0.05, 0.1) is 12.2 Å². The molecule has 1 amide bonds. The highest BCUT2D eigenvalue weighted by molar-refractivity contribution is 5.95. The number of carbonyl (C=O) groups is 2. The maximum atomic E-state index is 12.6. The first-order valence-corrected chi connectivity index (χ1v) is 10.6. The number of hydrogen-bond acceptors (Lipinski definition) is 4. The third kappa shape index (κ3) is 6.90. The van der Waals surface area contributed by atoms with Gasteiger partial charge in [0.15, 0.2) is 6.10 Å². The highest BCUT2D eigenvalue weighted by Gasteiger charge is 2.20. The van der Waals surface area contributed by atoms with Crippen LogP contribution in [0.1, 0.15) is 69.8 Å². The van der Waals surface area contributed by atoms with E-state index in [0.29, 0.717) is 30.0 Å². The number of nitrogens with one attached hydrogen (secondary N) is 1. The van der Waals surface area contributed by atoms with Crippen LogP contribution < -0.4 is 10.1 Å². The number of anilines is 1. The SMILES string of the molecule is CCCCOC(=O)c1ccc(NC(=O)C(CC)Oc2ccc(C(C)(C)C)cc2)cc1. The minimum atomic E-state index is -0.607. The van der Waals surface area contributed by atoms with E-state index in [2.05, 4.69) is 26.1 Å². The topological polar surface area (TPSA) is 64.6 Å². The molecule has 5 heteroatoms. The van der Waals surface area contributed by atoms with E-state index in [1.165, 1.54) is 5.56 Å². The molecule has 2 aromatic carbocycles. The van der Waals surface area contributed by atoms with Crippen LogP contribution in [-0.4, -0.2) is 24.6 Å². The fourth-order valence-corrected chi connectivity index (χ4v) is 2.82. The second-order valence-corrected chi connectivity index (χ2v) is 8.35. The quantitative estimate of drug-likeness (QED) is 0.422. The molecular formula is C25H33NO4. The number of carbonyl (C=O) groups excluding carboxylic acids is 2. The number of hydrogen-bond donors (Lipinski definition) is 1. The zero-order valence-electron chi connectivity index (χ0n) is 18.7. The van der Waals surface area contributed by atoms with Crippen LogP contribution in [0.5, 0.6) is 5.75 Å². The van der Waals surface area contributed by atoms with Crippen molar-refractivity contribution in [3.63, 3.8) is 0 Å². The molecule has 0 fully saturated rings. The first-order chi connectivity index (χ1) is 14.2. The van der Waals surface area contributed by atoms with E-state index >= 15 is 0 Å². The van der Waals surface area contributed by atoms with E-state index in [1.807, 2.05) is 38.1 Å². The average Bonchev–Trinajstić information content (AvgIpc) is 2.72. The first-order valence-electron chi connectivity index (χ1n) is 10.6. The van der Waals surface area contributed by atoms with Crippen molar-refractivity contribution in [1.82, 2.24) is 0 Å². The van der Waals surface area contributed by atoms with Crippen LogP contribution in [-0.2, 0) is 14.9 Å². The van der Waals surface area contributed by atoms with E-state index in [0.717, 1.165) is 12.8 Å². The van der Waals surface area contributed by atoms with Gasteiger partial charge in [0, 0.05) is 5.69 Å². The van der Waals surface area contributed by atoms with Gasteiger partial charge < -0.3 is 14.8 Å². The van der Waals surface area contributed by atoms with Crippen molar-refractivity contribution in [2.75, 3.05) is 11.9 Å². The Labute approximate surface area is 179 Å². The van der Waals surface area contributed by atoms with E-state index in [9.17, 15) is 9.59 Å². The van der Waals surface area contributed by atoms with Gasteiger partial charge in [0.1, 0.15) is 5.75 Å². The van der Waals surface area contributed by atoms with Crippen molar-refractivity contribution in [1.29, 1.82) is 0 Å². The van der Waals surface area contributed by atoms with E-state index in [4.69, 9.17) is 9.47 Å². The normalized spacial score (nSPS) is 12.2. The molecule has 0 aliphatic heterocycles. The zero-order valence-corrected chi connectivity index (χ0v) is 18.7. The third-order valence-corrected chi connectivity index (χ3v) is 4.78. The predicted octanol–water partition coefficient (Wildman–Crippen LogP) is 5.74. The molecule has 0 aliphatic rings. The molecule has 0 aromatic heterocycles. The van der Waals surface area contributed by atoms with Gasteiger partial charge >= 0.3 is 5.97 Å². The lowest BCUT2D eigenvalue weighted by molar-refractivity contribution is -0.122. The third-order valence-electron chi connectivity index (χ3n) is 4.78. The van der Waals surface area contributed by atoms with E-state index < -0.39 is 6.10 Å². The maximum Gasteiger partial charge on any atom is 0.338 e. The molecule has 162 valence electrons. The van der Waals surface area contributed by atoms with Crippen LogP contribution in [0.25, 0.3) is 0 Å². The second kappa shape index (κ2) is 10.8. The monoisotopic (exact) mass is 411 g/mol. The summed E-state index contributed by atoms with van der Waals surface area (Å²) in [5.41, 5.74) is 2.34. The van der Waals surface area contributed by atoms with Gasteiger partial charge in [0.2, 0.25) is 0 Å². The summed E-state index contributed by atoms with van der Waals surface area (Å²) in [5.74, 6) is 0.0839. The number of ether oxygens (including phenoxy) is 2. The smallest absolute Gasteiger partial charge is 0.338 e. The molecule has 0 spiro atoms. The summed E-state index contributed by atoms with van der Waals surface area (Å²) in [4.78, 5) is 24.6. The standard InChI is InChI=1S/C25H33NO4/c1-6-8-17-29-24(28)18-9-13-20(14-10-18)26-23(27)22(7-2)30-21-15-11-19(12-16-21)25(3,4)5/h9-16,22H,6-8,17H2,1-5H3,(H,26,27). The largest absolute Gasteiger partial charge is 0.481 e. The fraction of sp³-hybridized carbons (Fsp3) is 0.440. The molecule has 5 nitrogen and oxygen atoms in total. The van der Waals surface area contributed by atoms with Crippen molar-refractivity contribution in [3.8, 4) is 5.75 Å². The highest BCUT2D eigenvalue weighted by atomic mass is 16.5. The molecule has 1 unspecified atom stereocenters. The lowest BCUT2D eigenvalue weighted by Crippen LogP contribution is -2.32. The molecular weight excluding hydrogens is 378 g/mol. The van der Waals surface area contributed by atoms with Crippen LogP contribution in [0.15, 0.2) is 48.5 Å². The lowest BCUT2D eigenvalue weighted by atomic mass is 9.87. The van der Waals surface area contributed by atoms with Crippen LogP contribution in [0.4, 0.5) is 5.69 Å². The Morgan fingerprint density at radius 2 is 1.60 bits per heavy atom. The second-order valence-electron chi connectivity index (χ2n) is 8.35. The Morgan fingerprint density at radius 1 is 0.967 bits per heavy atom.